The molecule has 2 aliphatic rings. The average molecular weight is 423 g/mol. The molecule has 2 aromatic heterocycles. The van der Waals surface area contributed by atoms with Crippen molar-refractivity contribution >= 4 is 17.4 Å². The molecular formula is C25H21N5O2. The molecule has 0 fully saturated rings. The van der Waals surface area contributed by atoms with E-state index in [4.69, 9.17) is 0 Å². The third-order valence-electron chi connectivity index (χ3n) is 6.41. The van der Waals surface area contributed by atoms with Gasteiger partial charge in [0.05, 0.1) is 5.56 Å². The summed E-state index contributed by atoms with van der Waals surface area (Å²) in [5.74, 6) is 1.23. The van der Waals surface area contributed by atoms with Crippen LogP contribution in [0.1, 0.15) is 47.2 Å². The quantitative estimate of drug-likeness (QED) is 0.513. The van der Waals surface area contributed by atoms with Gasteiger partial charge in [0.25, 0.3) is 5.56 Å². The van der Waals surface area contributed by atoms with Crippen molar-refractivity contribution in [2.45, 2.75) is 31.6 Å². The molecule has 2 aromatic carbocycles. The predicted molar refractivity (Wildman–Crippen MR) is 121 cm³/mol. The van der Waals surface area contributed by atoms with Crippen molar-refractivity contribution in [2.24, 2.45) is 0 Å². The standard InChI is InChI=1S/C25H21N5O2/c1-14-26-25-28-24(32)22-20(16-10-6-3-7-11-16)21-18(27-23(22)30(25)29-14)12-17(13-19(21)31)15-8-4-2-5-9-15/h2-11,17,20,27H,12-13H2,1H3,(H,26,28,29,32)/t17-,20-/m1/s1. The van der Waals surface area contributed by atoms with E-state index in [1.165, 1.54) is 0 Å². The lowest BCUT2D eigenvalue weighted by Gasteiger charge is -2.36. The molecule has 0 spiro atoms. The monoisotopic (exact) mass is 423 g/mol. The third kappa shape index (κ3) is 2.81. The van der Waals surface area contributed by atoms with Gasteiger partial charge in [-0.3, -0.25) is 14.6 Å². The highest BCUT2D eigenvalue weighted by Gasteiger charge is 2.40. The summed E-state index contributed by atoms with van der Waals surface area (Å²) in [4.78, 5) is 33.9. The molecule has 0 radical (unpaired) electrons. The van der Waals surface area contributed by atoms with Crippen LogP contribution in [-0.2, 0) is 4.79 Å². The number of allylic oxidation sites excluding steroid dienone is 2. The van der Waals surface area contributed by atoms with E-state index in [1.807, 2.05) is 48.5 Å². The van der Waals surface area contributed by atoms with Crippen LogP contribution in [0.25, 0.3) is 5.78 Å². The molecule has 0 unspecified atom stereocenters. The first-order valence-electron chi connectivity index (χ1n) is 10.7. The van der Waals surface area contributed by atoms with Crippen molar-refractivity contribution < 1.29 is 4.79 Å². The highest BCUT2D eigenvalue weighted by atomic mass is 16.1. The van der Waals surface area contributed by atoms with Gasteiger partial charge < -0.3 is 5.32 Å². The molecule has 0 amide bonds. The summed E-state index contributed by atoms with van der Waals surface area (Å²) in [6, 6.07) is 19.9. The molecule has 158 valence electrons. The van der Waals surface area contributed by atoms with E-state index in [0.717, 1.165) is 16.8 Å². The molecule has 1 aliphatic heterocycles. The number of rotatable bonds is 2. The normalized spacial score (nSPS) is 20.1. The summed E-state index contributed by atoms with van der Waals surface area (Å²) in [6.07, 6.45) is 1.11. The molecule has 3 heterocycles. The SMILES string of the molecule is Cc1nc2[nH]c(=O)c3c(n2n1)NC1=C(C(=O)C[C@H](c2ccccc2)C1)[C@H]3c1ccccc1. The Bertz CT molecular complexity index is 1450. The lowest BCUT2D eigenvalue weighted by molar-refractivity contribution is -0.116. The summed E-state index contributed by atoms with van der Waals surface area (Å²) in [6.45, 7) is 1.79. The molecule has 32 heavy (non-hydrogen) atoms. The van der Waals surface area contributed by atoms with Crippen LogP contribution in [0.5, 0.6) is 0 Å². The van der Waals surface area contributed by atoms with E-state index in [0.29, 0.717) is 41.4 Å². The first kappa shape index (κ1) is 18.7. The molecule has 6 rings (SSSR count). The van der Waals surface area contributed by atoms with Gasteiger partial charge in [-0.05, 0) is 30.4 Å². The summed E-state index contributed by atoms with van der Waals surface area (Å²) in [7, 11) is 0. The van der Waals surface area contributed by atoms with E-state index < -0.39 is 5.92 Å². The van der Waals surface area contributed by atoms with Crippen molar-refractivity contribution in [1.82, 2.24) is 19.6 Å². The second-order valence-corrected chi connectivity index (χ2v) is 8.41. The number of aromatic amines is 1. The van der Waals surface area contributed by atoms with Gasteiger partial charge in [-0.15, -0.1) is 5.10 Å². The van der Waals surface area contributed by atoms with Crippen LogP contribution >= 0.6 is 0 Å². The Hall–Kier alpha value is -4.00. The minimum absolute atomic E-state index is 0.0707. The molecule has 2 N–H and O–H groups in total. The van der Waals surface area contributed by atoms with Gasteiger partial charge in [0.15, 0.2) is 5.78 Å². The van der Waals surface area contributed by atoms with Crippen molar-refractivity contribution in [2.75, 3.05) is 5.32 Å². The number of anilines is 1. The van der Waals surface area contributed by atoms with Gasteiger partial charge in [0, 0.05) is 23.6 Å². The molecule has 0 saturated carbocycles. The van der Waals surface area contributed by atoms with Crippen LogP contribution in [0.4, 0.5) is 5.82 Å². The summed E-state index contributed by atoms with van der Waals surface area (Å²) >= 11 is 0. The van der Waals surface area contributed by atoms with E-state index in [2.05, 4.69) is 32.5 Å². The molecule has 0 saturated heterocycles. The first-order valence-corrected chi connectivity index (χ1v) is 10.7. The van der Waals surface area contributed by atoms with E-state index in [9.17, 15) is 9.59 Å². The second kappa shape index (κ2) is 7.02. The molecule has 4 aromatic rings. The number of hydrogen-bond donors (Lipinski definition) is 2. The van der Waals surface area contributed by atoms with Crippen LogP contribution in [0.2, 0.25) is 0 Å². The van der Waals surface area contributed by atoms with Crippen LogP contribution < -0.4 is 10.9 Å². The Morgan fingerprint density at radius 3 is 2.34 bits per heavy atom. The number of fused-ring (bicyclic) bond motifs is 3. The number of ketones is 1. The smallest absolute Gasteiger partial charge is 0.258 e. The van der Waals surface area contributed by atoms with E-state index >= 15 is 0 Å². The van der Waals surface area contributed by atoms with Gasteiger partial charge in [0.2, 0.25) is 5.78 Å². The third-order valence-corrected chi connectivity index (χ3v) is 6.41. The zero-order valence-electron chi connectivity index (χ0n) is 17.5. The summed E-state index contributed by atoms with van der Waals surface area (Å²) in [5, 5.41) is 7.92. The Kier molecular flexibility index (Phi) is 4.11. The lowest BCUT2D eigenvalue weighted by atomic mass is 9.72. The van der Waals surface area contributed by atoms with Gasteiger partial charge in [-0.1, -0.05) is 60.7 Å². The topological polar surface area (TPSA) is 92.2 Å². The zero-order valence-corrected chi connectivity index (χ0v) is 17.5. The Morgan fingerprint density at radius 1 is 0.938 bits per heavy atom. The maximum atomic E-state index is 13.5. The zero-order chi connectivity index (χ0) is 21.8. The minimum Gasteiger partial charge on any atom is -0.343 e. The molecule has 2 atom stereocenters. The van der Waals surface area contributed by atoms with Crippen LogP contribution in [0.3, 0.4) is 0 Å². The number of H-pyrrole nitrogens is 1. The molecule has 0 bridgehead atoms. The molecule has 1 aliphatic carbocycles. The van der Waals surface area contributed by atoms with Gasteiger partial charge >= 0.3 is 0 Å². The number of carbonyl (C=O) groups is 1. The Balaban J connectivity index is 1.59. The Labute approximate surface area is 183 Å². The van der Waals surface area contributed by atoms with E-state index in [-0.39, 0.29) is 17.3 Å². The molecular weight excluding hydrogens is 402 g/mol. The van der Waals surface area contributed by atoms with Gasteiger partial charge in [0.1, 0.15) is 11.6 Å². The highest BCUT2D eigenvalue weighted by molar-refractivity contribution is 6.01. The fraction of sp³-hybridized carbons (Fsp3) is 0.200. The van der Waals surface area contributed by atoms with Crippen molar-refractivity contribution in [3.8, 4) is 0 Å². The fourth-order valence-corrected chi connectivity index (χ4v) is 5.04. The number of aryl methyl sites for hydroxylation is 1. The predicted octanol–water partition coefficient (Wildman–Crippen LogP) is 3.68. The average Bonchev–Trinajstić information content (AvgIpc) is 3.19. The lowest BCUT2D eigenvalue weighted by Crippen LogP contribution is -2.35. The van der Waals surface area contributed by atoms with Crippen LogP contribution in [-0.4, -0.2) is 25.4 Å². The van der Waals surface area contributed by atoms with Gasteiger partial charge in [-0.25, -0.2) is 0 Å². The molecule has 7 nitrogen and oxygen atoms in total. The maximum absolute atomic E-state index is 13.5. The minimum atomic E-state index is -0.454. The number of nitrogens with one attached hydrogen (secondary N) is 2. The largest absolute Gasteiger partial charge is 0.343 e. The van der Waals surface area contributed by atoms with Crippen molar-refractivity contribution in [3.05, 3.63) is 105 Å². The van der Waals surface area contributed by atoms with Crippen LogP contribution in [0.15, 0.2) is 76.7 Å². The first-order chi connectivity index (χ1) is 15.6. The number of carbonyl (C=O) groups excluding carboxylic acids is 1. The second-order valence-electron chi connectivity index (χ2n) is 8.41. The Morgan fingerprint density at radius 2 is 1.62 bits per heavy atom. The fourth-order valence-electron chi connectivity index (χ4n) is 5.04. The number of aromatic nitrogens is 4. The summed E-state index contributed by atoms with van der Waals surface area (Å²) in [5.41, 5.74) is 3.83. The van der Waals surface area contributed by atoms with Gasteiger partial charge in [-0.2, -0.15) is 9.50 Å². The number of hydrogen-bond acceptors (Lipinski definition) is 5. The highest BCUT2D eigenvalue weighted by Crippen LogP contribution is 2.46. The number of benzene rings is 2. The maximum Gasteiger partial charge on any atom is 0.258 e. The van der Waals surface area contributed by atoms with Crippen molar-refractivity contribution in [1.29, 1.82) is 0 Å². The summed E-state index contributed by atoms with van der Waals surface area (Å²) < 4.78 is 1.64. The number of Topliss-reactive ketones (excluding diaryl/α,β-unsaturated/α-hetero) is 1. The number of nitrogens with zero attached hydrogens (tertiary/aromatic N) is 3. The van der Waals surface area contributed by atoms with E-state index in [1.54, 1.807) is 11.4 Å². The molecule has 7 heteroatoms. The van der Waals surface area contributed by atoms with Crippen molar-refractivity contribution in [3.63, 3.8) is 0 Å². The van der Waals surface area contributed by atoms with Crippen LogP contribution in [0, 0.1) is 6.92 Å².